The zero-order valence-corrected chi connectivity index (χ0v) is 13.1. The molecule has 0 aliphatic carbocycles. The van der Waals surface area contributed by atoms with Gasteiger partial charge in [-0.25, -0.2) is 13.1 Å². The van der Waals surface area contributed by atoms with Crippen LogP contribution >= 0.6 is 11.6 Å². The minimum Gasteiger partial charge on any atom is -0.495 e. The van der Waals surface area contributed by atoms with Gasteiger partial charge in [-0.2, -0.15) is 0 Å². The standard InChI is InChI=1S/C13H19ClN2O3S/c1-9-6-12(19-2)11(14)7-13(9)20(17,18)16-10-4-3-5-15-8-10/h6-7,10,15-16H,3-5,8H2,1-2H3. The highest BCUT2D eigenvalue weighted by Crippen LogP contribution is 2.30. The largest absolute Gasteiger partial charge is 0.495 e. The number of nitrogens with one attached hydrogen (secondary N) is 2. The van der Waals surface area contributed by atoms with E-state index >= 15 is 0 Å². The summed E-state index contributed by atoms with van der Waals surface area (Å²) in [5.74, 6) is 0.474. The number of sulfonamides is 1. The molecule has 1 aliphatic rings. The first-order valence-electron chi connectivity index (χ1n) is 6.51. The fraction of sp³-hybridized carbons (Fsp3) is 0.538. The summed E-state index contributed by atoms with van der Waals surface area (Å²) in [6.07, 6.45) is 1.81. The number of rotatable bonds is 4. The molecule has 0 aromatic heterocycles. The summed E-state index contributed by atoms with van der Waals surface area (Å²) in [5.41, 5.74) is 0.613. The quantitative estimate of drug-likeness (QED) is 0.886. The molecule has 0 bridgehead atoms. The van der Waals surface area contributed by atoms with Crippen LogP contribution in [0.3, 0.4) is 0 Å². The lowest BCUT2D eigenvalue weighted by Gasteiger charge is -2.24. The summed E-state index contributed by atoms with van der Waals surface area (Å²) >= 11 is 6.02. The van der Waals surface area contributed by atoms with Crippen molar-refractivity contribution in [3.63, 3.8) is 0 Å². The zero-order chi connectivity index (χ0) is 14.8. The highest BCUT2D eigenvalue weighted by Gasteiger charge is 2.24. The van der Waals surface area contributed by atoms with Gasteiger partial charge in [0.05, 0.1) is 17.0 Å². The van der Waals surface area contributed by atoms with Crippen molar-refractivity contribution in [2.45, 2.75) is 30.7 Å². The van der Waals surface area contributed by atoms with E-state index in [9.17, 15) is 8.42 Å². The summed E-state index contributed by atoms with van der Waals surface area (Å²) in [4.78, 5) is 0.203. The SMILES string of the molecule is COc1cc(C)c(S(=O)(=O)NC2CCCNC2)cc1Cl. The molecule has 5 nitrogen and oxygen atoms in total. The molecule has 2 N–H and O–H groups in total. The molecule has 0 spiro atoms. The molecule has 1 aromatic rings. The topological polar surface area (TPSA) is 67.4 Å². The number of aryl methyl sites for hydroxylation is 1. The number of benzene rings is 1. The summed E-state index contributed by atoms with van der Waals surface area (Å²) in [7, 11) is -2.07. The Hall–Kier alpha value is -0.820. The van der Waals surface area contributed by atoms with Crippen LogP contribution in [0, 0.1) is 6.92 Å². The minimum atomic E-state index is -3.57. The van der Waals surface area contributed by atoms with E-state index in [1.165, 1.54) is 13.2 Å². The fourth-order valence-corrected chi connectivity index (χ4v) is 4.15. The molecular weight excluding hydrogens is 300 g/mol. The van der Waals surface area contributed by atoms with Crippen LogP contribution in [-0.2, 0) is 10.0 Å². The first kappa shape index (κ1) is 15.6. The van der Waals surface area contributed by atoms with Gasteiger partial charge >= 0.3 is 0 Å². The number of methoxy groups -OCH3 is 1. The summed E-state index contributed by atoms with van der Waals surface area (Å²) < 4.78 is 32.7. The molecule has 2 rings (SSSR count). The van der Waals surface area contributed by atoms with E-state index in [-0.39, 0.29) is 10.9 Å². The van der Waals surface area contributed by atoms with E-state index in [0.717, 1.165) is 19.4 Å². The molecule has 20 heavy (non-hydrogen) atoms. The number of hydrogen-bond donors (Lipinski definition) is 2. The molecular formula is C13H19ClN2O3S. The molecule has 0 radical (unpaired) electrons. The minimum absolute atomic E-state index is 0.0750. The highest BCUT2D eigenvalue weighted by molar-refractivity contribution is 7.89. The predicted molar refractivity (Wildman–Crippen MR) is 79.0 cm³/mol. The Balaban J connectivity index is 2.26. The lowest BCUT2D eigenvalue weighted by Crippen LogP contribution is -2.45. The average Bonchev–Trinajstić information content (AvgIpc) is 2.41. The monoisotopic (exact) mass is 318 g/mol. The van der Waals surface area contributed by atoms with Crippen molar-refractivity contribution in [2.24, 2.45) is 0 Å². The summed E-state index contributed by atoms with van der Waals surface area (Å²) in [6.45, 7) is 3.32. The van der Waals surface area contributed by atoms with Crippen molar-refractivity contribution in [2.75, 3.05) is 20.2 Å². The van der Waals surface area contributed by atoms with Crippen molar-refractivity contribution < 1.29 is 13.2 Å². The van der Waals surface area contributed by atoms with Crippen molar-refractivity contribution in [3.05, 3.63) is 22.7 Å². The van der Waals surface area contributed by atoms with E-state index in [1.54, 1.807) is 13.0 Å². The summed E-state index contributed by atoms with van der Waals surface area (Å²) in [5, 5.41) is 3.47. The predicted octanol–water partition coefficient (Wildman–Crippen LogP) is 1.69. The Morgan fingerprint density at radius 1 is 1.45 bits per heavy atom. The third-order valence-corrected chi connectivity index (χ3v) is 5.32. The van der Waals surface area contributed by atoms with Gasteiger partial charge in [0.2, 0.25) is 10.0 Å². The van der Waals surface area contributed by atoms with Gasteiger partial charge in [-0.15, -0.1) is 0 Å². The molecule has 1 unspecified atom stereocenters. The van der Waals surface area contributed by atoms with Crippen LogP contribution < -0.4 is 14.8 Å². The van der Waals surface area contributed by atoms with E-state index in [1.807, 2.05) is 0 Å². The van der Waals surface area contributed by atoms with Crippen LogP contribution in [-0.4, -0.2) is 34.7 Å². The van der Waals surface area contributed by atoms with Crippen LogP contribution in [0.2, 0.25) is 5.02 Å². The molecule has 1 heterocycles. The average molecular weight is 319 g/mol. The first-order chi connectivity index (χ1) is 9.44. The number of halogens is 1. The molecule has 1 fully saturated rings. The van der Waals surface area contributed by atoms with Gasteiger partial charge in [-0.1, -0.05) is 11.6 Å². The number of ether oxygens (including phenoxy) is 1. The second-order valence-electron chi connectivity index (χ2n) is 4.92. The molecule has 112 valence electrons. The van der Waals surface area contributed by atoms with E-state index < -0.39 is 10.0 Å². The molecule has 1 saturated heterocycles. The van der Waals surface area contributed by atoms with Gasteiger partial charge in [-0.05, 0) is 44.0 Å². The Kier molecular flexibility index (Phi) is 4.90. The Bertz CT molecular complexity index is 584. The number of hydrogen-bond acceptors (Lipinski definition) is 4. The van der Waals surface area contributed by atoms with Gasteiger partial charge in [0.1, 0.15) is 5.75 Å². The van der Waals surface area contributed by atoms with Crippen molar-refractivity contribution in [3.8, 4) is 5.75 Å². The van der Waals surface area contributed by atoms with Gasteiger partial charge < -0.3 is 10.1 Å². The second kappa shape index (κ2) is 6.30. The summed E-state index contributed by atoms with van der Waals surface area (Å²) in [6, 6.07) is 3.00. The van der Waals surface area contributed by atoms with Crippen LogP contribution in [0.5, 0.6) is 5.75 Å². The van der Waals surface area contributed by atoms with Gasteiger partial charge in [0.25, 0.3) is 0 Å². The maximum Gasteiger partial charge on any atom is 0.241 e. The van der Waals surface area contributed by atoms with Crippen molar-refractivity contribution >= 4 is 21.6 Å². The Morgan fingerprint density at radius 3 is 2.80 bits per heavy atom. The Morgan fingerprint density at radius 2 is 2.20 bits per heavy atom. The van der Waals surface area contributed by atoms with Crippen molar-refractivity contribution in [1.82, 2.24) is 10.0 Å². The second-order valence-corrected chi connectivity index (χ2v) is 7.01. The third kappa shape index (κ3) is 3.44. The van der Waals surface area contributed by atoms with Gasteiger partial charge in [0.15, 0.2) is 0 Å². The number of piperidine rings is 1. The lowest BCUT2D eigenvalue weighted by molar-refractivity contribution is 0.414. The van der Waals surface area contributed by atoms with Gasteiger partial charge in [-0.3, -0.25) is 0 Å². The van der Waals surface area contributed by atoms with Crippen LogP contribution in [0.4, 0.5) is 0 Å². The van der Waals surface area contributed by atoms with Crippen molar-refractivity contribution in [1.29, 1.82) is 0 Å². The first-order valence-corrected chi connectivity index (χ1v) is 8.37. The molecule has 1 aromatic carbocycles. The smallest absolute Gasteiger partial charge is 0.241 e. The highest BCUT2D eigenvalue weighted by atomic mass is 35.5. The van der Waals surface area contributed by atoms with Gasteiger partial charge in [0, 0.05) is 12.6 Å². The normalized spacial score (nSPS) is 19.9. The zero-order valence-electron chi connectivity index (χ0n) is 11.6. The van der Waals surface area contributed by atoms with Crippen LogP contribution in [0.25, 0.3) is 0 Å². The van der Waals surface area contributed by atoms with E-state index in [2.05, 4.69) is 10.0 Å². The van der Waals surface area contributed by atoms with Crippen LogP contribution in [0.1, 0.15) is 18.4 Å². The molecule has 1 atom stereocenters. The fourth-order valence-electron chi connectivity index (χ4n) is 2.32. The maximum atomic E-state index is 12.4. The molecule has 0 saturated carbocycles. The molecule has 7 heteroatoms. The van der Waals surface area contributed by atoms with Crippen LogP contribution in [0.15, 0.2) is 17.0 Å². The Labute approximate surface area is 124 Å². The van der Waals surface area contributed by atoms with E-state index in [0.29, 0.717) is 22.9 Å². The molecule has 1 aliphatic heterocycles. The molecule has 0 amide bonds. The van der Waals surface area contributed by atoms with E-state index in [4.69, 9.17) is 16.3 Å². The third-order valence-electron chi connectivity index (χ3n) is 3.36. The lowest BCUT2D eigenvalue weighted by atomic mass is 10.1. The maximum absolute atomic E-state index is 12.4.